The zero-order chi connectivity index (χ0) is 31.8. The van der Waals surface area contributed by atoms with Gasteiger partial charge in [0.05, 0.1) is 25.9 Å². The van der Waals surface area contributed by atoms with E-state index in [1.54, 1.807) is 0 Å². The lowest BCUT2D eigenvalue weighted by Gasteiger charge is -2.27. The molecule has 19 nitrogen and oxygen atoms in total. The molecule has 0 radical (unpaired) electrons. The predicted octanol–water partition coefficient (Wildman–Crippen LogP) is 0.667. The molecule has 3 saturated heterocycles. The van der Waals surface area contributed by atoms with Crippen LogP contribution in [0.4, 0.5) is 20.5 Å². The van der Waals surface area contributed by atoms with Crippen molar-refractivity contribution in [2.45, 2.75) is 49.2 Å². The number of hydrogen-bond donors (Lipinski definition) is 5. The first-order chi connectivity index (χ1) is 21.3. The fraction of sp³-hybridized carbons (Fsp3) is 0.500. The first-order valence-electron chi connectivity index (χ1n) is 12.9. The number of ether oxygens (including phenoxy) is 2. The Morgan fingerprint density at radius 1 is 0.956 bits per heavy atom. The van der Waals surface area contributed by atoms with Crippen molar-refractivity contribution in [1.29, 1.82) is 0 Å². The number of anilines is 2. The summed E-state index contributed by atoms with van der Waals surface area (Å²) in [5.41, 5.74) is 10.9. The molecule has 3 unspecified atom stereocenters. The van der Waals surface area contributed by atoms with Gasteiger partial charge < -0.3 is 30.4 Å². The lowest BCUT2D eigenvalue weighted by Crippen LogP contribution is -2.34. The van der Waals surface area contributed by atoms with Crippen LogP contribution in [0.1, 0.15) is 12.5 Å². The predicted molar refractivity (Wildman–Crippen MR) is 155 cm³/mol. The van der Waals surface area contributed by atoms with Crippen LogP contribution in [0, 0.1) is 0 Å². The smallest absolute Gasteiger partial charge is 0.382 e. The largest absolute Gasteiger partial charge is 0.386 e. The summed E-state index contributed by atoms with van der Waals surface area (Å²) >= 11 is 9.12. The highest BCUT2D eigenvalue weighted by Gasteiger charge is 2.54. The number of H-pyrrole nitrogens is 1. The van der Waals surface area contributed by atoms with Gasteiger partial charge in [0.2, 0.25) is 5.95 Å². The Morgan fingerprint density at radius 2 is 1.64 bits per heavy atom. The topological polar surface area (TPSA) is 252 Å². The van der Waals surface area contributed by atoms with Gasteiger partial charge in [0, 0.05) is 0 Å². The Morgan fingerprint density at radius 3 is 2.42 bits per heavy atom. The molecule has 45 heavy (non-hydrogen) atoms. The van der Waals surface area contributed by atoms with Gasteiger partial charge in [-0.05, 0) is 11.8 Å². The number of nitrogens with two attached hydrogens (primary N) is 2. The Labute approximate surface area is 259 Å². The molecule has 0 aromatic carbocycles. The Kier molecular flexibility index (Phi) is 7.72. The molecule has 10 atom stereocenters. The number of aromatic nitrogens is 8. The van der Waals surface area contributed by atoms with Gasteiger partial charge in [-0.3, -0.25) is 32.5 Å². The minimum Gasteiger partial charge on any atom is -0.382 e. The van der Waals surface area contributed by atoms with Crippen LogP contribution in [0.5, 0.6) is 0 Å². The zero-order valence-electron chi connectivity index (χ0n) is 22.3. The van der Waals surface area contributed by atoms with Crippen molar-refractivity contribution in [1.82, 2.24) is 39.0 Å². The van der Waals surface area contributed by atoms with E-state index in [1.165, 1.54) is 10.9 Å². The van der Waals surface area contributed by atoms with Gasteiger partial charge in [0.1, 0.15) is 36.3 Å². The van der Waals surface area contributed by atoms with Crippen molar-refractivity contribution in [3.63, 3.8) is 0 Å². The second kappa shape index (κ2) is 11.2. The fourth-order valence-electron chi connectivity index (χ4n) is 5.23. The molecule has 0 spiro atoms. The fourth-order valence-corrected chi connectivity index (χ4v) is 8.12. The van der Waals surface area contributed by atoms with Gasteiger partial charge in [-0.2, -0.15) is 4.98 Å². The van der Waals surface area contributed by atoms with E-state index < -0.39 is 81.5 Å². The van der Waals surface area contributed by atoms with Crippen molar-refractivity contribution in [2.75, 3.05) is 24.7 Å². The first kappa shape index (κ1) is 30.9. The molecule has 0 aliphatic carbocycles. The van der Waals surface area contributed by atoms with Crippen molar-refractivity contribution < 1.29 is 45.8 Å². The molecule has 3 aliphatic heterocycles. The summed E-state index contributed by atoms with van der Waals surface area (Å²) in [6.07, 6.45) is -9.83. The molecule has 6 N–H and O–H groups in total. The monoisotopic (exact) mass is 710 g/mol. The molecule has 0 saturated carbocycles. The average molecular weight is 711 g/mol. The third-order valence-corrected chi connectivity index (χ3v) is 10.4. The molecule has 4 aromatic rings. The summed E-state index contributed by atoms with van der Waals surface area (Å²) < 4.78 is 81.0. The van der Waals surface area contributed by atoms with Gasteiger partial charge in [-0.1, -0.05) is 12.2 Å². The molecule has 7 heterocycles. The Balaban J connectivity index is 1.21. The molecule has 2 bridgehead atoms. The highest BCUT2D eigenvalue weighted by atomic mass is 32.7. The van der Waals surface area contributed by atoms with Crippen LogP contribution in [0.15, 0.2) is 23.8 Å². The summed E-state index contributed by atoms with van der Waals surface area (Å²) in [5.74, 6) is -0.223. The second-order valence-electron chi connectivity index (χ2n) is 10.0. The van der Waals surface area contributed by atoms with E-state index in [4.69, 9.17) is 50.8 Å². The lowest BCUT2D eigenvalue weighted by molar-refractivity contribution is -0.0584. The molecule has 4 aromatic heterocycles. The number of rotatable bonds is 2. The molecular weight excluding hydrogens is 688 g/mol. The summed E-state index contributed by atoms with van der Waals surface area (Å²) in [4.78, 5) is 45.6. The first-order valence-corrected chi connectivity index (χ1v) is 18.2. The molecule has 3 aliphatic rings. The van der Waals surface area contributed by atoms with E-state index in [1.807, 2.05) is 0 Å². The molecule has 0 amide bonds. The number of aromatic amines is 1. The lowest BCUT2D eigenvalue weighted by atomic mass is 10.1. The van der Waals surface area contributed by atoms with E-state index in [0.717, 1.165) is 17.2 Å². The number of nitrogen functional groups attached to an aromatic ring is 2. The van der Waals surface area contributed by atoms with E-state index in [2.05, 4.69) is 42.2 Å². The summed E-state index contributed by atoms with van der Waals surface area (Å²) in [7, 11) is 0. The van der Waals surface area contributed by atoms with Gasteiger partial charge >= 0.3 is 13.5 Å². The zero-order valence-corrected chi connectivity index (χ0v) is 25.8. The van der Waals surface area contributed by atoms with Crippen LogP contribution in [-0.4, -0.2) is 93.9 Å². The Bertz CT molecular complexity index is 1950. The third kappa shape index (κ3) is 5.54. The van der Waals surface area contributed by atoms with Gasteiger partial charge in [-0.15, -0.1) is 0 Å². The SMILES string of the molecule is Nc1nc2c(ncn2C2O[C@@H]3COP(=O)(S)O[C@H]4[C@H](F)[C@H](n5cnc6c(N)ncnc65)O[C@@H]4COP(O)(=S)O[C@@H]2[C@@H]3F)c(=O)[nH]1. The maximum atomic E-state index is 16.0. The van der Waals surface area contributed by atoms with Crippen LogP contribution in [-0.2, 0) is 43.9 Å². The number of thiol groups is 1. The Hall–Kier alpha value is -2.69. The van der Waals surface area contributed by atoms with Crippen LogP contribution in [0.2, 0.25) is 0 Å². The quantitative estimate of drug-likeness (QED) is 0.142. The van der Waals surface area contributed by atoms with Gasteiger partial charge in [-0.25, -0.2) is 33.3 Å². The van der Waals surface area contributed by atoms with Crippen LogP contribution < -0.4 is 17.0 Å². The minimum atomic E-state index is -4.45. The number of imidazole rings is 2. The van der Waals surface area contributed by atoms with Crippen molar-refractivity contribution in [2.24, 2.45) is 0 Å². The van der Waals surface area contributed by atoms with E-state index in [0.29, 0.717) is 0 Å². The number of fused-ring (bicyclic) bond motifs is 5. The summed E-state index contributed by atoms with van der Waals surface area (Å²) in [6, 6.07) is 0. The van der Waals surface area contributed by atoms with E-state index >= 15 is 8.78 Å². The maximum Gasteiger partial charge on any atom is 0.386 e. The normalized spacial score (nSPS) is 37.7. The molecule has 3 fully saturated rings. The van der Waals surface area contributed by atoms with Crippen LogP contribution in [0.3, 0.4) is 0 Å². The summed E-state index contributed by atoms with van der Waals surface area (Å²) in [6.45, 7) is -10.2. The standard InChI is InChI=1S/C20H22F2N10O9P2S2/c21-8-6-1-36-42(34,44)40-12-7(39-18(9(12)22)31-4-27-10-14(23)25-3-26-15(10)31)2-37-43(35,45)41-13(8)19(38-6)32-5-28-11-16(32)29-20(24)30-17(11)33/h3-9,12-13,18-19H,1-2H2,(H,34,44)(H,35,45)(H2,23,25,26)(H3,24,29,30,33)/t6-,7-,8-,9+,12-,13-,18-,19?,42?,43?/m1/s1. The highest BCUT2D eigenvalue weighted by Crippen LogP contribution is 2.58. The average Bonchev–Trinajstić information content (AvgIpc) is 3.72. The van der Waals surface area contributed by atoms with Crippen LogP contribution in [0.25, 0.3) is 22.3 Å². The second-order valence-corrected chi connectivity index (χ2v) is 15.7. The third-order valence-electron chi connectivity index (χ3n) is 7.23. The number of alkyl halides is 2. The number of nitrogens with one attached hydrogen (secondary N) is 1. The van der Waals surface area contributed by atoms with Crippen LogP contribution >= 0.6 is 25.8 Å². The maximum absolute atomic E-state index is 16.0. The molecular formula is C20H22F2N10O9P2S2. The number of hydrogen-bond acceptors (Lipinski definition) is 16. The van der Waals surface area contributed by atoms with Crippen molar-refractivity contribution in [3.05, 3.63) is 29.3 Å². The number of nitrogens with zero attached hydrogens (tertiary/aromatic N) is 7. The molecule has 242 valence electrons. The molecule has 7 rings (SSSR count). The van der Waals surface area contributed by atoms with Crippen molar-refractivity contribution >= 4 is 71.7 Å². The van der Waals surface area contributed by atoms with E-state index in [-0.39, 0.29) is 34.1 Å². The molecule has 25 heteroatoms. The summed E-state index contributed by atoms with van der Waals surface area (Å²) in [5, 5.41) is 0. The highest BCUT2D eigenvalue weighted by molar-refractivity contribution is 8.44. The van der Waals surface area contributed by atoms with Crippen molar-refractivity contribution in [3.8, 4) is 0 Å². The van der Waals surface area contributed by atoms with E-state index in [9.17, 15) is 14.3 Å². The van der Waals surface area contributed by atoms with Gasteiger partial charge in [0.25, 0.3) is 5.56 Å². The minimum absolute atomic E-state index is 0.0386. The van der Waals surface area contributed by atoms with Gasteiger partial charge in [0.15, 0.2) is 47.4 Å². The number of halogens is 2.